The van der Waals surface area contributed by atoms with Crippen LogP contribution in [0.1, 0.15) is 65.2 Å². The number of hydrogen-bond donors (Lipinski definition) is 2. The molecule has 1 aliphatic carbocycles. The normalized spacial score (nSPS) is 24.6. The van der Waals surface area contributed by atoms with Crippen molar-refractivity contribution in [2.45, 2.75) is 71.3 Å². The van der Waals surface area contributed by atoms with E-state index in [4.69, 9.17) is 0 Å². The minimum atomic E-state index is 0.356. The molecule has 1 heterocycles. The Morgan fingerprint density at radius 3 is 2.38 bits per heavy atom. The predicted octanol–water partition coefficient (Wildman–Crippen LogP) is 3.03. The highest BCUT2D eigenvalue weighted by molar-refractivity contribution is 4.87. The molecule has 1 aliphatic heterocycles. The second kappa shape index (κ2) is 8.50. The van der Waals surface area contributed by atoms with E-state index in [9.17, 15) is 5.11 Å². The Bertz CT molecular complexity index is 273. The van der Waals surface area contributed by atoms with Gasteiger partial charge in [-0.3, -0.25) is 0 Å². The Kier molecular flexibility index (Phi) is 6.97. The van der Waals surface area contributed by atoms with E-state index in [0.717, 1.165) is 18.9 Å². The highest BCUT2D eigenvalue weighted by atomic mass is 16.3. The molecule has 0 atom stereocenters. The summed E-state index contributed by atoms with van der Waals surface area (Å²) in [6, 6.07) is 0.700. The molecule has 2 aliphatic rings. The zero-order valence-electron chi connectivity index (χ0n) is 14.2. The van der Waals surface area contributed by atoms with Gasteiger partial charge in [-0.25, -0.2) is 0 Å². The van der Waals surface area contributed by atoms with E-state index in [-0.39, 0.29) is 0 Å². The van der Waals surface area contributed by atoms with E-state index in [1.807, 2.05) is 0 Å². The van der Waals surface area contributed by atoms with Crippen LogP contribution in [0.2, 0.25) is 0 Å². The Morgan fingerprint density at radius 1 is 1.14 bits per heavy atom. The van der Waals surface area contributed by atoms with Crippen molar-refractivity contribution in [2.24, 2.45) is 11.3 Å². The molecule has 0 amide bonds. The number of aliphatic hydroxyl groups is 1. The fourth-order valence-corrected chi connectivity index (χ4v) is 4.25. The van der Waals surface area contributed by atoms with Gasteiger partial charge < -0.3 is 15.3 Å². The van der Waals surface area contributed by atoms with Gasteiger partial charge in [-0.15, -0.1) is 0 Å². The third-order valence-corrected chi connectivity index (χ3v) is 5.53. The molecule has 124 valence electrons. The molecule has 2 fully saturated rings. The van der Waals surface area contributed by atoms with Crippen LogP contribution in [0.25, 0.3) is 0 Å². The third-order valence-electron chi connectivity index (χ3n) is 5.53. The zero-order chi connectivity index (χ0) is 15.1. The number of piperidine rings is 1. The number of aliphatic hydroxyl groups excluding tert-OH is 1. The van der Waals surface area contributed by atoms with Gasteiger partial charge in [0.2, 0.25) is 0 Å². The summed E-state index contributed by atoms with van der Waals surface area (Å²) >= 11 is 0. The van der Waals surface area contributed by atoms with Gasteiger partial charge in [0.25, 0.3) is 0 Å². The number of rotatable bonds is 7. The van der Waals surface area contributed by atoms with Crippen molar-refractivity contribution >= 4 is 0 Å². The van der Waals surface area contributed by atoms with E-state index >= 15 is 0 Å². The van der Waals surface area contributed by atoms with Crippen LogP contribution in [0.3, 0.4) is 0 Å². The van der Waals surface area contributed by atoms with Gasteiger partial charge in [0.1, 0.15) is 0 Å². The first kappa shape index (κ1) is 17.2. The standard InChI is InChI=1S/C18H36N2O/c1-16(2)14-20-11-6-17(7-12-20)19-15-18(10-13-21)8-4-3-5-9-18/h16-17,19,21H,3-15H2,1-2H3. The molecule has 0 aromatic heterocycles. The molecule has 3 nitrogen and oxygen atoms in total. The molecule has 1 saturated carbocycles. The number of hydrogen-bond acceptors (Lipinski definition) is 3. The highest BCUT2D eigenvalue weighted by Crippen LogP contribution is 2.38. The summed E-state index contributed by atoms with van der Waals surface area (Å²) in [6.07, 6.45) is 10.3. The van der Waals surface area contributed by atoms with Crippen molar-refractivity contribution in [1.29, 1.82) is 0 Å². The lowest BCUT2D eigenvalue weighted by Crippen LogP contribution is -2.47. The number of likely N-dealkylation sites (tertiary alicyclic amines) is 1. The van der Waals surface area contributed by atoms with Gasteiger partial charge in [-0.1, -0.05) is 33.1 Å². The lowest BCUT2D eigenvalue weighted by atomic mass is 9.71. The molecule has 0 bridgehead atoms. The first-order chi connectivity index (χ1) is 10.1. The summed E-state index contributed by atoms with van der Waals surface area (Å²) in [7, 11) is 0. The Labute approximate surface area is 131 Å². The average Bonchev–Trinajstić information content (AvgIpc) is 2.47. The van der Waals surface area contributed by atoms with Gasteiger partial charge in [0.05, 0.1) is 0 Å². The molecule has 21 heavy (non-hydrogen) atoms. The molecule has 1 saturated heterocycles. The Hall–Kier alpha value is -0.120. The van der Waals surface area contributed by atoms with Crippen LogP contribution < -0.4 is 5.32 Å². The predicted molar refractivity (Wildman–Crippen MR) is 89.5 cm³/mol. The molecule has 0 radical (unpaired) electrons. The maximum absolute atomic E-state index is 9.40. The fourth-order valence-electron chi connectivity index (χ4n) is 4.25. The van der Waals surface area contributed by atoms with Crippen LogP contribution in [0.15, 0.2) is 0 Å². The minimum Gasteiger partial charge on any atom is -0.396 e. The van der Waals surface area contributed by atoms with Crippen LogP contribution in [-0.2, 0) is 0 Å². The summed E-state index contributed by atoms with van der Waals surface area (Å²) in [4.78, 5) is 2.62. The average molecular weight is 296 g/mol. The van der Waals surface area contributed by atoms with Gasteiger partial charge in [0, 0.05) is 25.7 Å². The fraction of sp³-hybridized carbons (Fsp3) is 1.00. The van der Waals surface area contributed by atoms with Gasteiger partial charge in [-0.05, 0) is 56.5 Å². The SMILES string of the molecule is CC(C)CN1CCC(NCC2(CCO)CCCCC2)CC1. The number of nitrogens with zero attached hydrogens (tertiary/aromatic N) is 1. The highest BCUT2D eigenvalue weighted by Gasteiger charge is 2.32. The van der Waals surface area contributed by atoms with Crippen LogP contribution in [0, 0.1) is 11.3 Å². The molecule has 0 spiro atoms. The van der Waals surface area contributed by atoms with Crippen LogP contribution in [-0.4, -0.2) is 48.8 Å². The van der Waals surface area contributed by atoms with Crippen molar-refractivity contribution in [3.63, 3.8) is 0 Å². The Balaban J connectivity index is 1.72. The van der Waals surface area contributed by atoms with E-state index < -0.39 is 0 Å². The number of nitrogens with one attached hydrogen (secondary N) is 1. The third kappa shape index (κ3) is 5.54. The van der Waals surface area contributed by atoms with Crippen molar-refractivity contribution in [3.8, 4) is 0 Å². The lowest BCUT2D eigenvalue weighted by Gasteiger charge is -2.40. The maximum atomic E-state index is 9.40. The minimum absolute atomic E-state index is 0.356. The molecule has 3 heteroatoms. The lowest BCUT2D eigenvalue weighted by molar-refractivity contribution is 0.112. The van der Waals surface area contributed by atoms with Gasteiger partial charge in [-0.2, -0.15) is 0 Å². The molecule has 2 N–H and O–H groups in total. The van der Waals surface area contributed by atoms with E-state index in [2.05, 4.69) is 24.1 Å². The molecular formula is C18H36N2O. The van der Waals surface area contributed by atoms with Crippen molar-refractivity contribution < 1.29 is 5.11 Å². The van der Waals surface area contributed by atoms with Gasteiger partial charge >= 0.3 is 0 Å². The zero-order valence-corrected chi connectivity index (χ0v) is 14.2. The molecule has 2 rings (SSSR count). The van der Waals surface area contributed by atoms with Gasteiger partial charge in [0.15, 0.2) is 0 Å². The second-order valence-corrected chi connectivity index (χ2v) is 7.88. The monoisotopic (exact) mass is 296 g/mol. The van der Waals surface area contributed by atoms with E-state index in [1.165, 1.54) is 64.6 Å². The molecular weight excluding hydrogens is 260 g/mol. The summed E-state index contributed by atoms with van der Waals surface area (Å²) in [6.45, 7) is 9.86. The van der Waals surface area contributed by atoms with Crippen LogP contribution in [0.5, 0.6) is 0 Å². The summed E-state index contributed by atoms with van der Waals surface area (Å²) in [5.41, 5.74) is 0.391. The Morgan fingerprint density at radius 2 is 1.81 bits per heavy atom. The van der Waals surface area contributed by atoms with Crippen molar-refractivity contribution in [1.82, 2.24) is 10.2 Å². The molecule has 0 aromatic rings. The van der Waals surface area contributed by atoms with E-state index in [1.54, 1.807) is 0 Å². The first-order valence-corrected chi connectivity index (χ1v) is 9.20. The summed E-state index contributed by atoms with van der Waals surface area (Å²) < 4.78 is 0. The summed E-state index contributed by atoms with van der Waals surface area (Å²) in [5, 5.41) is 13.3. The summed E-state index contributed by atoms with van der Waals surface area (Å²) in [5.74, 6) is 0.782. The van der Waals surface area contributed by atoms with E-state index in [0.29, 0.717) is 18.1 Å². The largest absolute Gasteiger partial charge is 0.396 e. The quantitative estimate of drug-likeness (QED) is 0.758. The van der Waals surface area contributed by atoms with Crippen molar-refractivity contribution in [2.75, 3.05) is 32.8 Å². The van der Waals surface area contributed by atoms with Crippen LogP contribution in [0.4, 0.5) is 0 Å². The molecule has 0 aromatic carbocycles. The second-order valence-electron chi connectivity index (χ2n) is 7.88. The van der Waals surface area contributed by atoms with Crippen LogP contribution >= 0.6 is 0 Å². The maximum Gasteiger partial charge on any atom is 0.0436 e. The van der Waals surface area contributed by atoms with Crippen molar-refractivity contribution in [3.05, 3.63) is 0 Å². The molecule has 0 unspecified atom stereocenters. The smallest absolute Gasteiger partial charge is 0.0436 e. The topological polar surface area (TPSA) is 35.5 Å². The first-order valence-electron chi connectivity index (χ1n) is 9.20.